The van der Waals surface area contributed by atoms with Crippen molar-refractivity contribution in [3.05, 3.63) is 35.9 Å². The second-order valence-corrected chi connectivity index (χ2v) is 4.80. The molecule has 7 heteroatoms. The number of hydrogen-bond acceptors (Lipinski definition) is 2. The molecule has 4 nitrogen and oxygen atoms in total. The van der Waals surface area contributed by atoms with Crippen molar-refractivity contribution in [1.29, 1.82) is 0 Å². The zero-order valence-corrected chi connectivity index (χ0v) is 11.5. The Bertz CT molecular complexity index is 470. The molecule has 21 heavy (non-hydrogen) atoms. The van der Waals surface area contributed by atoms with E-state index in [1.165, 1.54) is 12.1 Å². The molecule has 1 saturated heterocycles. The minimum absolute atomic E-state index is 0.142. The van der Waals surface area contributed by atoms with E-state index in [2.05, 4.69) is 4.99 Å². The Morgan fingerprint density at radius 3 is 2.43 bits per heavy atom. The van der Waals surface area contributed by atoms with Crippen molar-refractivity contribution in [2.24, 2.45) is 10.7 Å². The molecule has 0 radical (unpaired) electrons. The molecule has 1 aliphatic heterocycles. The number of benzene rings is 1. The first-order valence-electron chi connectivity index (χ1n) is 6.73. The third-order valence-electron chi connectivity index (χ3n) is 3.37. The second-order valence-electron chi connectivity index (χ2n) is 4.80. The summed E-state index contributed by atoms with van der Waals surface area (Å²) in [5.74, 6) is -1.50. The molecular formula is C14H18F3N3O. The van der Waals surface area contributed by atoms with Crippen molar-refractivity contribution >= 4 is 5.96 Å². The average Bonchev–Trinajstić information content (AvgIpc) is 2.48. The molecule has 1 heterocycles. The van der Waals surface area contributed by atoms with Gasteiger partial charge in [0.15, 0.2) is 5.96 Å². The average molecular weight is 301 g/mol. The van der Waals surface area contributed by atoms with Gasteiger partial charge in [0.25, 0.3) is 0 Å². The van der Waals surface area contributed by atoms with Gasteiger partial charge in [-0.15, -0.1) is 0 Å². The Kier molecular flexibility index (Phi) is 5.06. The molecule has 0 spiro atoms. The van der Waals surface area contributed by atoms with Crippen LogP contribution >= 0.6 is 0 Å². The van der Waals surface area contributed by atoms with Crippen LogP contribution in [0, 0.1) is 0 Å². The third kappa shape index (κ3) is 4.35. The van der Waals surface area contributed by atoms with Crippen molar-refractivity contribution in [2.75, 3.05) is 32.8 Å². The summed E-state index contributed by atoms with van der Waals surface area (Å²) in [6, 6.07) is 7.77. The maximum atomic E-state index is 13.2. The van der Waals surface area contributed by atoms with E-state index >= 15 is 0 Å². The number of hydrogen-bond donors (Lipinski definition) is 1. The fourth-order valence-corrected chi connectivity index (χ4v) is 2.16. The number of nitrogens with two attached hydrogens (primary N) is 1. The van der Waals surface area contributed by atoms with Crippen LogP contribution in [0.1, 0.15) is 11.5 Å². The number of morpholine rings is 1. The molecule has 0 amide bonds. The first kappa shape index (κ1) is 15.6. The first-order valence-corrected chi connectivity index (χ1v) is 6.73. The molecule has 1 atom stereocenters. The van der Waals surface area contributed by atoms with Crippen LogP contribution in [-0.2, 0) is 4.74 Å². The van der Waals surface area contributed by atoms with Gasteiger partial charge in [0.05, 0.1) is 25.7 Å². The molecule has 1 aromatic carbocycles. The lowest BCUT2D eigenvalue weighted by atomic mass is 9.99. The first-order chi connectivity index (χ1) is 9.98. The van der Waals surface area contributed by atoms with Gasteiger partial charge in [-0.1, -0.05) is 30.3 Å². The Morgan fingerprint density at radius 2 is 1.86 bits per heavy atom. The number of ether oxygens (including phenoxy) is 1. The van der Waals surface area contributed by atoms with Crippen molar-refractivity contribution < 1.29 is 17.9 Å². The van der Waals surface area contributed by atoms with Crippen molar-refractivity contribution in [2.45, 2.75) is 12.1 Å². The minimum atomic E-state index is -4.35. The van der Waals surface area contributed by atoms with Crippen LogP contribution in [0.3, 0.4) is 0 Å². The van der Waals surface area contributed by atoms with E-state index in [1.54, 1.807) is 23.1 Å². The molecule has 0 aromatic heterocycles. The zero-order valence-electron chi connectivity index (χ0n) is 11.5. The van der Waals surface area contributed by atoms with Crippen LogP contribution in [0.25, 0.3) is 0 Å². The fourth-order valence-electron chi connectivity index (χ4n) is 2.16. The normalized spacial score (nSPS) is 18.6. The van der Waals surface area contributed by atoms with Crippen LogP contribution in [0.5, 0.6) is 0 Å². The standard InChI is InChI=1S/C14H18F3N3O/c15-14(16,17)12(11-4-2-1-3-5-11)10-19-13(18)20-6-8-21-9-7-20/h1-5,12H,6-10H2,(H2,18,19)/t12-/m1/s1. The molecule has 0 unspecified atom stereocenters. The van der Waals surface area contributed by atoms with E-state index < -0.39 is 18.6 Å². The maximum Gasteiger partial charge on any atom is 0.397 e. The van der Waals surface area contributed by atoms with Crippen LogP contribution in [0.2, 0.25) is 0 Å². The van der Waals surface area contributed by atoms with Crippen molar-refractivity contribution in [1.82, 2.24) is 4.90 Å². The second kappa shape index (κ2) is 6.80. The van der Waals surface area contributed by atoms with Crippen LogP contribution in [-0.4, -0.2) is 49.9 Å². The van der Waals surface area contributed by atoms with E-state index in [4.69, 9.17) is 10.5 Å². The molecule has 1 fully saturated rings. The number of nitrogens with zero attached hydrogens (tertiary/aromatic N) is 2. The zero-order chi connectivity index (χ0) is 15.3. The van der Waals surface area contributed by atoms with Gasteiger partial charge in [-0.05, 0) is 5.56 Å². The van der Waals surface area contributed by atoms with Crippen molar-refractivity contribution in [3.8, 4) is 0 Å². The van der Waals surface area contributed by atoms with E-state index in [-0.39, 0.29) is 11.5 Å². The largest absolute Gasteiger partial charge is 0.397 e. The summed E-state index contributed by atoms with van der Waals surface area (Å²) in [6.45, 7) is 1.72. The predicted molar refractivity (Wildman–Crippen MR) is 74.1 cm³/mol. The Labute approximate surface area is 121 Å². The molecule has 116 valence electrons. The van der Waals surface area contributed by atoms with Gasteiger partial charge >= 0.3 is 6.18 Å². The summed E-state index contributed by atoms with van der Waals surface area (Å²) in [4.78, 5) is 5.67. The highest BCUT2D eigenvalue weighted by molar-refractivity contribution is 5.78. The number of aliphatic imine (C=N–C) groups is 1. The van der Waals surface area contributed by atoms with Crippen LogP contribution < -0.4 is 5.73 Å². The third-order valence-corrected chi connectivity index (χ3v) is 3.37. The van der Waals surface area contributed by atoms with E-state index in [0.717, 1.165) is 0 Å². The molecule has 0 saturated carbocycles. The Balaban J connectivity index is 2.09. The highest BCUT2D eigenvalue weighted by Crippen LogP contribution is 2.34. The molecule has 2 rings (SSSR count). The highest BCUT2D eigenvalue weighted by Gasteiger charge is 2.40. The van der Waals surface area contributed by atoms with Gasteiger partial charge in [0.1, 0.15) is 0 Å². The van der Waals surface area contributed by atoms with Gasteiger partial charge in [-0.2, -0.15) is 13.2 Å². The molecule has 2 N–H and O–H groups in total. The van der Waals surface area contributed by atoms with Gasteiger partial charge in [-0.3, -0.25) is 4.99 Å². The maximum absolute atomic E-state index is 13.2. The summed E-state index contributed by atoms with van der Waals surface area (Å²) in [5, 5.41) is 0. The van der Waals surface area contributed by atoms with Crippen molar-refractivity contribution in [3.63, 3.8) is 0 Å². The lowest BCUT2D eigenvalue weighted by molar-refractivity contribution is -0.148. The van der Waals surface area contributed by atoms with Gasteiger partial charge < -0.3 is 15.4 Å². The van der Waals surface area contributed by atoms with Gasteiger partial charge in [0.2, 0.25) is 0 Å². The topological polar surface area (TPSA) is 50.8 Å². The van der Waals surface area contributed by atoms with Gasteiger partial charge in [0, 0.05) is 13.1 Å². The summed E-state index contributed by atoms with van der Waals surface area (Å²) in [6.07, 6.45) is -4.35. The van der Waals surface area contributed by atoms with E-state index in [0.29, 0.717) is 26.3 Å². The van der Waals surface area contributed by atoms with E-state index in [9.17, 15) is 13.2 Å². The number of rotatable bonds is 3. The van der Waals surface area contributed by atoms with E-state index in [1.807, 2.05) is 0 Å². The molecular weight excluding hydrogens is 283 g/mol. The van der Waals surface area contributed by atoms with Crippen LogP contribution in [0.15, 0.2) is 35.3 Å². The van der Waals surface area contributed by atoms with Crippen LogP contribution in [0.4, 0.5) is 13.2 Å². The predicted octanol–water partition coefficient (Wildman–Crippen LogP) is 1.98. The number of alkyl halides is 3. The quantitative estimate of drug-likeness (QED) is 0.686. The lowest BCUT2D eigenvalue weighted by Gasteiger charge is -2.28. The fraction of sp³-hybridized carbons (Fsp3) is 0.500. The summed E-state index contributed by atoms with van der Waals surface area (Å²) in [7, 11) is 0. The lowest BCUT2D eigenvalue weighted by Crippen LogP contribution is -2.45. The minimum Gasteiger partial charge on any atom is -0.378 e. The molecule has 1 aliphatic rings. The summed E-state index contributed by atoms with van der Waals surface area (Å²) in [5.41, 5.74) is 5.97. The van der Waals surface area contributed by atoms with Gasteiger partial charge in [-0.25, -0.2) is 0 Å². The Morgan fingerprint density at radius 1 is 1.24 bits per heavy atom. The molecule has 1 aromatic rings. The number of guanidine groups is 1. The highest BCUT2D eigenvalue weighted by atomic mass is 19.4. The SMILES string of the molecule is NC(=NC[C@H](c1ccccc1)C(F)(F)F)N1CCOCC1. The smallest absolute Gasteiger partial charge is 0.378 e. The summed E-state index contributed by atoms with van der Waals surface area (Å²) < 4.78 is 44.6. The Hall–Kier alpha value is -1.76. The monoisotopic (exact) mass is 301 g/mol. The summed E-state index contributed by atoms with van der Waals surface area (Å²) >= 11 is 0. The number of halogens is 3. The molecule has 0 aliphatic carbocycles. The molecule has 0 bridgehead atoms.